The van der Waals surface area contributed by atoms with E-state index in [4.69, 9.17) is 4.74 Å². The maximum absolute atomic E-state index is 12.9. The molecule has 1 aliphatic heterocycles. The van der Waals surface area contributed by atoms with Gasteiger partial charge in [0.1, 0.15) is 0 Å². The molecule has 98 valence electrons. The molecule has 0 unspecified atom stereocenters. The summed E-state index contributed by atoms with van der Waals surface area (Å²) in [5.74, 6) is -0.404. The molecule has 1 spiro atoms. The van der Waals surface area contributed by atoms with Crippen LogP contribution in [0, 0.1) is 5.82 Å². The van der Waals surface area contributed by atoms with E-state index in [2.05, 4.69) is 9.97 Å². The Morgan fingerprint density at radius 3 is 2.94 bits per heavy atom. The zero-order chi connectivity index (χ0) is 12.6. The van der Waals surface area contributed by atoms with Crippen molar-refractivity contribution < 1.29 is 9.13 Å². The van der Waals surface area contributed by atoms with Gasteiger partial charge in [-0.1, -0.05) is 12.8 Å². The molecule has 0 aromatic carbocycles. The third kappa shape index (κ3) is 2.01. The van der Waals surface area contributed by atoms with Crippen LogP contribution in [-0.2, 0) is 4.74 Å². The molecule has 0 radical (unpaired) electrons. The lowest BCUT2D eigenvalue weighted by atomic mass is 10.00. The maximum atomic E-state index is 12.9. The van der Waals surface area contributed by atoms with Gasteiger partial charge in [-0.25, -0.2) is 4.98 Å². The number of hydrogen-bond donors (Lipinski definition) is 1. The number of aromatic amines is 1. The van der Waals surface area contributed by atoms with E-state index in [0.717, 1.165) is 25.6 Å². The lowest BCUT2D eigenvalue weighted by molar-refractivity contribution is -0.0505. The van der Waals surface area contributed by atoms with E-state index in [1.54, 1.807) is 0 Å². The minimum Gasteiger partial charge on any atom is -0.371 e. The molecule has 2 aliphatic rings. The molecule has 0 bridgehead atoms. The number of ether oxygens (including phenoxy) is 1. The number of hydrogen-bond acceptors (Lipinski definition) is 4. The molecular formula is C12H16FN3O2. The van der Waals surface area contributed by atoms with Gasteiger partial charge in [-0.3, -0.25) is 9.78 Å². The topological polar surface area (TPSA) is 58.2 Å². The van der Waals surface area contributed by atoms with Crippen molar-refractivity contribution in [1.29, 1.82) is 0 Å². The van der Waals surface area contributed by atoms with Crippen LogP contribution >= 0.6 is 0 Å². The summed E-state index contributed by atoms with van der Waals surface area (Å²) in [6.45, 7) is 2.03. The predicted molar refractivity (Wildman–Crippen MR) is 64.2 cm³/mol. The minimum atomic E-state index is -0.845. The fourth-order valence-electron chi connectivity index (χ4n) is 2.88. The normalized spacial score (nSPS) is 22.6. The Hall–Kier alpha value is -1.43. The first-order chi connectivity index (χ1) is 8.69. The van der Waals surface area contributed by atoms with Crippen LogP contribution < -0.4 is 10.5 Å². The average molecular weight is 253 g/mol. The van der Waals surface area contributed by atoms with Crippen LogP contribution in [-0.4, -0.2) is 35.3 Å². The molecule has 1 aromatic heterocycles. The number of halogens is 1. The second kappa shape index (κ2) is 4.35. The van der Waals surface area contributed by atoms with E-state index < -0.39 is 11.4 Å². The summed E-state index contributed by atoms with van der Waals surface area (Å²) in [4.78, 5) is 19.7. The second-order valence-electron chi connectivity index (χ2n) is 5.04. The van der Waals surface area contributed by atoms with Gasteiger partial charge in [0.15, 0.2) is 0 Å². The first-order valence-corrected chi connectivity index (χ1v) is 6.32. The van der Waals surface area contributed by atoms with E-state index in [0.29, 0.717) is 19.1 Å². The van der Waals surface area contributed by atoms with Gasteiger partial charge in [0, 0.05) is 13.1 Å². The van der Waals surface area contributed by atoms with Crippen LogP contribution in [0.2, 0.25) is 0 Å². The number of nitrogens with one attached hydrogen (secondary N) is 1. The molecule has 0 atom stereocenters. The monoisotopic (exact) mass is 253 g/mol. The highest BCUT2D eigenvalue weighted by molar-refractivity contribution is 5.30. The van der Waals surface area contributed by atoms with Crippen molar-refractivity contribution >= 4 is 5.95 Å². The van der Waals surface area contributed by atoms with E-state index in [1.165, 1.54) is 12.8 Å². The summed E-state index contributed by atoms with van der Waals surface area (Å²) in [7, 11) is 0. The van der Waals surface area contributed by atoms with E-state index >= 15 is 0 Å². The van der Waals surface area contributed by atoms with E-state index in [-0.39, 0.29) is 5.60 Å². The average Bonchev–Trinajstić information content (AvgIpc) is 2.81. The Kier molecular flexibility index (Phi) is 2.81. The molecule has 2 heterocycles. The zero-order valence-corrected chi connectivity index (χ0v) is 10.1. The third-order valence-electron chi connectivity index (χ3n) is 3.81. The molecule has 1 saturated heterocycles. The molecule has 2 fully saturated rings. The first-order valence-electron chi connectivity index (χ1n) is 6.32. The summed E-state index contributed by atoms with van der Waals surface area (Å²) < 4.78 is 18.8. The second-order valence-corrected chi connectivity index (χ2v) is 5.04. The lowest BCUT2D eigenvalue weighted by Crippen LogP contribution is -2.51. The Morgan fingerprint density at radius 2 is 2.22 bits per heavy atom. The number of rotatable bonds is 1. The van der Waals surface area contributed by atoms with Crippen LogP contribution in [0.4, 0.5) is 10.3 Å². The van der Waals surface area contributed by atoms with Crippen molar-refractivity contribution in [3.05, 3.63) is 22.4 Å². The van der Waals surface area contributed by atoms with Gasteiger partial charge in [-0.15, -0.1) is 0 Å². The van der Waals surface area contributed by atoms with Gasteiger partial charge in [0.2, 0.25) is 11.8 Å². The van der Waals surface area contributed by atoms with Gasteiger partial charge < -0.3 is 9.64 Å². The third-order valence-corrected chi connectivity index (χ3v) is 3.81. The number of morpholine rings is 1. The highest BCUT2D eigenvalue weighted by Gasteiger charge is 2.39. The molecule has 0 amide bonds. The van der Waals surface area contributed by atoms with Crippen molar-refractivity contribution in [2.45, 2.75) is 31.3 Å². The minimum absolute atomic E-state index is 0.0921. The SMILES string of the molecule is O=c1[nH]c(N2CCOC3(CCCC3)C2)ncc1F. The van der Waals surface area contributed by atoms with E-state index in [1.807, 2.05) is 4.90 Å². The Balaban J connectivity index is 1.83. The van der Waals surface area contributed by atoms with Crippen molar-refractivity contribution in [3.8, 4) is 0 Å². The fourth-order valence-corrected chi connectivity index (χ4v) is 2.88. The van der Waals surface area contributed by atoms with Crippen molar-refractivity contribution in [2.24, 2.45) is 0 Å². The van der Waals surface area contributed by atoms with Crippen molar-refractivity contribution in [3.63, 3.8) is 0 Å². The van der Waals surface area contributed by atoms with Gasteiger partial charge in [0.05, 0.1) is 18.4 Å². The Labute approximate surface area is 104 Å². The molecule has 3 rings (SSSR count). The van der Waals surface area contributed by atoms with Crippen LogP contribution in [0.15, 0.2) is 11.0 Å². The lowest BCUT2D eigenvalue weighted by Gasteiger charge is -2.40. The van der Waals surface area contributed by atoms with Crippen LogP contribution in [0.1, 0.15) is 25.7 Å². The summed E-state index contributed by atoms with van der Waals surface area (Å²) in [6, 6.07) is 0. The standard InChI is InChI=1S/C12H16FN3O2/c13-9-7-14-11(15-10(9)17)16-5-6-18-12(8-16)3-1-2-4-12/h7H,1-6,8H2,(H,14,15,17). The highest BCUT2D eigenvalue weighted by Crippen LogP contribution is 2.36. The number of nitrogens with zero attached hydrogens (tertiary/aromatic N) is 2. The van der Waals surface area contributed by atoms with Crippen LogP contribution in [0.25, 0.3) is 0 Å². The zero-order valence-electron chi connectivity index (χ0n) is 10.1. The summed E-state index contributed by atoms with van der Waals surface area (Å²) >= 11 is 0. The number of aromatic nitrogens is 2. The first kappa shape index (κ1) is 11.6. The molecular weight excluding hydrogens is 237 g/mol. The fraction of sp³-hybridized carbons (Fsp3) is 0.667. The Morgan fingerprint density at radius 1 is 1.44 bits per heavy atom. The quantitative estimate of drug-likeness (QED) is 0.813. The Bertz CT molecular complexity index is 496. The van der Waals surface area contributed by atoms with Gasteiger partial charge >= 0.3 is 0 Å². The predicted octanol–water partition coefficient (Wildman–Crippen LogP) is 1.06. The molecule has 1 aromatic rings. The van der Waals surface area contributed by atoms with Gasteiger partial charge in [-0.2, -0.15) is 4.39 Å². The van der Waals surface area contributed by atoms with E-state index in [9.17, 15) is 9.18 Å². The molecule has 5 nitrogen and oxygen atoms in total. The number of anilines is 1. The van der Waals surface area contributed by atoms with Gasteiger partial charge in [0.25, 0.3) is 5.56 Å². The van der Waals surface area contributed by atoms with Crippen molar-refractivity contribution in [1.82, 2.24) is 9.97 Å². The van der Waals surface area contributed by atoms with Crippen molar-refractivity contribution in [2.75, 3.05) is 24.6 Å². The smallest absolute Gasteiger partial charge is 0.288 e. The highest BCUT2D eigenvalue weighted by atomic mass is 19.1. The molecule has 1 N–H and O–H groups in total. The maximum Gasteiger partial charge on any atom is 0.288 e. The summed E-state index contributed by atoms with van der Waals surface area (Å²) in [5, 5.41) is 0. The summed E-state index contributed by atoms with van der Waals surface area (Å²) in [5.41, 5.74) is -0.808. The van der Waals surface area contributed by atoms with Crippen LogP contribution in [0.5, 0.6) is 0 Å². The van der Waals surface area contributed by atoms with Crippen LogP contribution in [0.3, 0.4) is 0 Å². The largest absolute Gasteiger partial charge is 0.371 e. The van der Waals surface area contributed by atoms with Gasteiger partial charge in [-0.05, 0) is 12.8 Å². The molecule has 6 heteroatoms. The molecule has 1 saturated carbocycles. The summed E-state index contributed by atoms with van der Waals surface area (Å²) in [6.07, 6.45) is 5.44. The molecule has 18 heavy (non-hydrogen) atoms. The number of H-pyrrole nitrogens is 1. The molecule has 1 aliphatic carbocycles.